The van der Waals surface area contributed by atoms with E-state index >= 15 is 0 Å². The van der Waals surface area contributed by atoms with Crippen molar-refractivity contribution >= 4 is 23.5 Å². The Hall–Kier alpha value is -2.37. The number of nitrogens with one attached hydrogen (secondary N) is 1. The van der Waals surface area contributed by atoms with Crippen LogP contribution in [0.2, 0.25) is 0 Å². The van der Waals surface area contributed by atoms with Crippen LogP contribution in [0.25, 0.3) is 0 Å². The summed E-state index contributed by atoms with van der Waals surface area (Å²) in [6.07, 6.45) is 4.16. The van der Waals surface area contributed by atoms with Gasteiger partial charge in [0.15, 0.2) is 0 Å². The summed E-state index contributed by atoms with van der Waals surface area (Å²) in [6.45, 7) is 4.62. The lowest BCUT2D eigenvalue weighted by atomic mass is 9.89. The van der Waals surface area contributed by atoms with Crippen LogP contribution in [-0.2, 0) is 14.3 Å². The lowest BCUT2D eigenvalue weighted by Crippen LogP contribution is -2.47. The van der Waals surface area contributed by atoms with Gasteiger partial charge in [0.05, 0.1) is 18.4 Å². The molecule has 6 heteroatoms. The number of nitrogens with zero attached hydrogens (tertiary/aromatic N) is 1. The van der Waals surface area contributed by atoms with Crippen molar-refractivity contribution in [3.8, 4) is 0 Å². The number of hydrogen-bond acceptors (Lipinski definition) is 4. The van der Waals surface area contributed by atoms with Crippen LogP contribution in [0.4, 0.5) is 5.69 Å². The van der Waals surface area contributed by atoms with E-state index in [0.717, 1.165) is 25.7 Å². The highest BCUT2D eigenvalue weighted by Gasteiger charge is 2.39. The first kappa shape index (κ1) is 19.0. The van der Waals surface area contributed by atoms with E-state index in [9.17, 15) is 14.4 Å². The zero-order valence-electron chi connectivity index (χ0n) is 15.1. The molecule has 1 aliphatic heterocycles. The average molecular weight is 346 g/mol. The zero-order chi connectivity index (χ0) is 18.4. The molecule has 6 nitrogen and oxygen atoms in total. The number of carbonyl (C=O) groups is 3. The number of amides is 2. The van der Waals surface area contributed by atoms with E-state index in [-0.39, 0.29) is 11.5 Å². The highest BCUT2D eigenvalue weighted by Crippen LogP contribution is 2.25. The molecule has 25 heavy (non-hydrogen) atoms. The van der Waals surface area contributed by atoms with Gasteiger partial charge in [0.25, 0.3) is 0 Å². The van der Waals surface area contributed by atoms with E-state index in [1.807, 2.05) is 0 Å². The maximum absolute atomic E-state index is 12.9. The molecular formula is C19H26N2O4. The molecule has 1 aliphatic rings. The highest BCUT2D eigenvalue weighted by molar-refractivity contribution is 6.11. The number of rotatable bonds is 4. The lowest BCUT2D eigenvalue weighted by molar-refractivity contribution is -0.146. The summed E-state index contributed by atoms with van der Waals surface area (Å²) >= 11 is 0. The number of methoxy groups -OCH3 is 1. The first-order valence-electron chi connectivity index (χ1n) is 8.66. The molecule has 1 N–H and O–H groups in total. The Morgan fingerprint density at radius 2 is 1.64 bits per heavy atom. The number of likely N-dealkylation sites (tertiary alicyclic amines) is 1. The molecule has 0 aliphatic carbocycles. The first-order valence-corrected chi connectivity index (χ1v) is 8.66. The monoisotopic (exact) mass is 346 g/mol. The minimum Gasteiger partial charge on any atom is -0.465 e. The number of carbonyl (C=O) groups excluding carboxylic acids is 3. The van der Waals surface area contributed by atoms with Crippen molar-refractivity contribution < 1.29 is 19.1 Å². The summed E-state index contributed by atoms with van der Waals surface area (Å²) in [5.74, 6) is -1.15. The third kappa shape index (κ3) is 4.38. The second-order valence-corrected chi connectivity index (χ2v) is 6.82. The van der Waals surface area contributed by atoms with Crippen molar-refractivity contribution in [3.63, 3.8) is 0 Å². The molecule has 0 atom stereocenters. The Bertz CT molecular complexity index is 647. The van der Waals surface area contributed by atoms with Gasteiger partial charge in [-0.25, -0.2) is 4.79 Å². The third-order valence-electron chi connectivity index (χ3n) is 4.58. The van der Waals surface area contributed by atoms with Crippen LogP contribution in [0, 0.1) is 5.41 Å². The predicted molar refractivity (Wildman–Crippen MR) is 95.2 cm³/mol. The van der Waals surface area contributed by atoms with Crippen LogP contribution < -0.4 is 5.32 Å². The van der Waals surface area contributed by atoms with E-state index in [2.05, 4.69) is 5.32 Å². The second-order valence-electron chi connectivity index (χ2n) is 6.82. The highest BCUT2D eigenvalue weighted by atomic mass is 16.5. The maximum atomic E-state index is 12.9. The molecule has 0 unspecified atom stereocenters. The molecule has 2 amide bonds. The van der Waals surface area contributed by atoms with E-state index in [0.29, 0.717) is 18.8 Å². The SMILES string of the molecule is COC(=O)c1ccccc1NC(=O)C(C)(C)C(=O)N1CCCCCC1. The Kier molecular flexibility index (Phi) is 6.17. The molecule has 1 aromatic carbocycles. The molecule has 1 fully saturated rings. The number of para-hydroxylation sites is 1. The van der Waals surface area contributed by atoms with Gasteiger partial charge in [0.1, 0.15) is 5.41 Å². The summed E-state index contributed by atoms with van der Waals surface area (Å²) in [5, 5.41) is 2.71. The molecule has 0 radical (unpaired) electrons. The minimum absolute atomic E-state index is 0.178. The Balaban J connectivity index is 2.16. The van der Waals surface area contributed by atoms with E-state index in [1.165, 1.54) is 7.11 Å². The largest absolute Gasteiger partial charge is 0.465 e. The molecule has 136 valence electrons. The molecule has 0 saturated carbocycles. The summed E-state index contributed by atoms with van der Waals surface area (Å²) < 4.78 is 4.74. The van der Waals surface area contributed by atoms with Gasteiger partial charge in [-0.15, -0.1) is 0 Å². The minimum atomic E-state index is -1.21. The molecule has 0 aromatic heterocycles. The predicted octanol–water partition coefficient (Wildman–Crippen LogP) is 2.84. The molecule has 1 heterocycles. The van der Waals surface area contributed by atoms with Gasteiger partial charge in [0, 0.05) is 13.1 Å². The number of ether oxygens (including phenoxy) is 1. The fraction of sp³-hybridized carbons (Fsp3) is 0.526. The van der Waals surface area contributed by atoms with Gasteiger partial charge < -0.3 is 15.0 Å². The van der Waals surface area contributed by atoms with Gasteiger partial charge in [-0.3, -0.25) is 9.59 Å². The molecular weight excluding hydrogens is 320 g/mol. The van der Waals surface area contributed by atoms with Crippen molar-refractivity contribution in [1.29, 1.82) is 0 Å². The summed E-state index contributed by atoms with van der Waals surface area (Å²) in [5.41, 5.74) is -0.611. The summed E-state index contributed by atoms with van der Waals surface area (Å²) in [6, 6.07) is 6.60. The molecule has 0 spiro atoms. The zero-order valence-corrected chi connectivity index (χ0v) is 15.1. The smallest absolute Gasteiger partial charge is 0.339 e. The topological polar surface area (TPSA) is 75.7 Å². The standard InChI is InChI=1S/C19H26N2O4/c1-19(2,18(24)21-12-8-4-5-9-13-21)17(23)20-15-11-7-6-10-14(15)16(22)25-3/h6-7,10-11H,4-5,8-9,12-13H2,1-3H3,(H,20,23). The Morgan fingerprint density at radius 3 is 2.24 bits per heavy atom. The van der Waals surface area contributed by atoms with Gasteiger partial charge in [-0.1, -0.05) is 25.0 Å². The molecule has 1 saturated heterocycles. The van der Waals surface area contributed by atoms with Crippen molar-refractivity contribution in [2.45, 2.75) is 39.5 Å². The number of hydrogen-bond donors (Lipinski definition) is 1. The van der Waals surface area contributed by atoms with E-state index in [1.54, 1.807) is 43.0 Å². The molecule has 2 rings (SSSR count). The number of benzene rings is 1. The van der Waals surface area contributed by atoms with Crippen molar-refractivity contribution in [2.75, 3.05) is 25.5 Å². The normalized spacial score (nSPS) is 15.2. The molecule has 0 bridgehead atoms. The Labute approximate surface area is 148 Å². The fourth-order valence-corrected chi connectivity index (χ4v) is 2.92. The van der Waals surface area contributed by atoms with Crippen molar-refractivity contribution in [2.24, 2.45) is 5.41 Å². The maximum Gasteiger partial charge on any atom is 0.339 e. The Morgan fingerprint density at radius 1 is 1.04 bits per heavy atom. The third-order valence-corrected chi connectivity index (χ3v) is 4.58. The van der Waals surface area contributed by atoms with Crippen LogP contribution in [0.15, 0.2) is 24.3 Å². The summed E-state index contributed by atoms with van der Waals surface area (Å²) in [7, 11) is 1.29. The van der Waals surface area contributed by atoms with Crippen LogP contribution in [0.3, 0.4) is 0 Å². The fourth-order valence-electron chi connectivity index (χ4n) is 2.92. The number of anilines is 1. The van der Waals surface area contributed by atoms with Gasteiger partial charge in [0.2, 0.25) is 11.8 Å². The number of esters is 1. The van der Waals surface area contributed by atoms with Crippen LogP contribution >= 0.6 is 0 Å². The van der Waals surface area contributed by atoms with E-state index < -0.39 is 17.3 Å². The molecule has 1 aromatic rings. The first-order chi connectivity index (χ1) is 11.9. The van der Waals surface area contributed by atoms with E-state index in [4.69, 9.17) is 4.74 Å². The quantitative estimate of drug-likeness (QED) is 0.672. The van der Waals surface area contributed by atoms with Gasteiger partial charge >= 0.3 is 5.97 Å². The lowest BCUT2D eigenvalue weighted by Gasteiger charge is -2.30. The second kappa shape index (κ2) is 8.14. The van der Waals surface area contributed by atoms with Crippen molar-refractivity contribution in [3.05, 3.63) is 29.8 Å². The average Bonchev–Trinajstić information content (AvgIpc) is 2.90. The van der Waals surface area contributed by atoms with Crippen molar-refractivity contribution in [1.82, 2.24) is 4.90 Å². The van der Waals surface area contributed by atoms with Gasteiger partial charge in [-0.2, -0.15) is 0 Å². The van der Waals surface area contributed by atoms with Crippen LogP contribution in [0.5, 0.6) is 0 Å². The van der Waals surface area contributed by atoms with Gasteiger partial charge in [-0.05, 0) is 38.8 Å². The van der Waals surface area contributed by atoms with Crippen LogP contribution in [-0.4, -0.2) is 42.9 Å². The summed E-state index contributed by atoms with van der Waals surface area (Å²) in [4.78, 5) is 39.2. The van der Waals surface area contributed by atoms with Crippen LogP contribution in [0.1, 0.15) is 49.9 Å².